The maximum atomic E-state index is 5.24. The molecule has 2 aromatic heterocycles. The number of H-pyrrole nitrogens is 1. The number of nitrogens with one attached hydrogen (secondary N) is 2. The van der Waals surface area contributed by atoms with E-state index in [2.05, 4.69) is 49.4 Å². The minimum atomic E-state index is 0.835. The molecule has 0 aliphatic carbocycles. The van der Waals surface area contributed by atoms with Gasteiger partial charge in [0.15, 0.2) is 0 Å². The summed E-state index contributed by atoms with van der Waals surface area (Å²) in [6.07, 6.45) is 4.81. The molecule has 2 heterocycles. The molecule has 1 aromatic carbocycles. The monoisotopic (exact) mass is 359 g/mol. The third-order valence-electron chi connectivity index (χ3n) is 3.62. The van der Waals surface area contributed by atoms with Crippen molar-refractivity contribution in [2.75, 3.05) is 13.7 Å². The van der Waals surface area contributed by atoms with Crippen molar-refractivity contribution in [3.8, 4) is 5.75 Å². The van der Waals surface area contributed by atoms with Crippen LogP contribution < -0.4 is 10.1 Å². The fraction of sp³-hybridized carbons (Fsp3) is 0.235. The van der Waals surface area contributed by atoms with Crippen molar-refractivity contribution in [3.05, 3.63) is 58.3 Å². The highest BCUT2D eigenvalue weighted by Crippen LogP contribution is 2.20. The van der Waals surface area contributed by atoms with E-state index in [0.29, 0.717) is 0 Å². The number of aromatic amines is 1. The summed E-state index contributed by atoms with van der Waals surface area (Å²) in [4.78, 5) is 7.57. The van der Waals surface area contributed by atoms with Crippen molar-refractivity contribution in [1.82, 2.24) is 15.3 Å². The quantitative estimate of drug-likeness (QED) is 0.660. The Morgan fingerprint density at radius 3 is 3.09 bits per heavy atom. The Bertz CT molecular complexity index is 769. The van der Waals surface area contributed by atoms with E-state index >= 15 is 0 Å². The van der Waals surface area contributed by atoms with Gasteiger partial charge >= 0.3 is 0 Å². The van der Waals surface area contributed by atoms with Crippen molar-refractivity contribution in [1.29, 1.82) is 0 Å². The number of aromatic nitrogens is 2. The van der Waals surface area contributed by atoms with Gasteiger partial charge in [0.05, 0.1) is 7.11 Å². The Kier molecular flexibility index (Phi) is 4.75. The van der Waals surface area contributed by atoms with E-state index in [-0.39, 0.29) is 0 Å². The number of hydrogen-bond acceptors (Lipinski definition) is 3. The fourth-order valence-corrected chi connectivity index (χ4v) is 2.81. The molecule has 0 saturated heterocycles. The summed E-state index contributed by atoms with van der Waals surface area (Å²) in [5.74, 6) is 0.895. The first-order chi connectivity index (χ1) is 10.8. The lowest BCUT2D eigenvalue weighted by atomic mass is 10.1. The van der Waals surface area contributed by atoms with Gasteiger partial charge in [-0.1, -0.05) is 12.1 Å². The number of halogens is 1. The number of nitrogens with zero attached hydrogens (tertiary/aromatic N) is 1. The molecule has 0 unspecified atom stereocenters. The lowest BCUT2D eigenvalue weighted by molar-refractivity contribution is 0.414. The van der Waals surface area contributed by atoms with Crippen LogP contribution in [0.25, 0.3) is 11.0 Å². The van der Waals surface area contributed by atoms with E-state index in [0.717, 1.165) is 35.4 Å². The molecule has 3 rings (SSSR count). The zero-order valence-corrected chi connectivity index (χ0v) is 14.0. The number of benzene rings is 1. The highest BCUT2D eigenvalue weighted by molar-refractivity contribution is 9.10. The van der Waals surface area contributed by atoms with E-state index in [1.165, 1.54) is 16.5 Å². The van der Waals surface area contributed by atoms with Gasteiger partial charge in [-0.2, -0.15) is 0 Å². The third kappa shape index (κ3) is 3.48. The first-order valence-corrected chi connectivity index (χ1v) is 8.01. The summed E-state index contributed by atoms with van der Waals surface area (Å²) in [6.45, 7) is 1.75. The number of methoxy groups -OCH3 is 1. The molecule has 0 bridgehead atoms. The average Bonchev–Trinajstić information content (AvgIpc) is 2.94. The fourth-order valence-electron chi connectivity index (χ4n) is 2.48. The maximum absolute atomic E-state index is 5.24. The Morgan fingerprint density at radius 1 is 1.32 bits per heavy atom. The molecule has 5 heteroatoms. The van der Waals surface area contributed by atoms with E-state index in [4.69, 9.17) is 4.74 Å². The maximum Gasteiger partial charge on any atom is 0.137 e. The lowest BCUT2D eigenvalue weighted by Gasteiger charge is -2.06. The average molecular weight is 360 g/mol. The number of pyridine rings is 1. The molecule has 22 heavy (non-hydrogen) atoms. The van der Waals surface area contributed by atoms with E-state index in [9.17, 15) is 0 Å². The standard InChI is InChI=1S/C17H18BrN3O/c1-22-15-4-2-3-12(7-15)9-19-6-5-13-10-20-17-16(13)8-14(18)11-21-17/h2-4,7-8,10-11,19H,5-6,9H2,1H3,(H,20,21). The molecular formula is C17H18BrN3O. The normalized spacial score (nSPS) is 11.0. The molecule has 3 aromatic rings. The largest absolute Gasteiger partial charge is 0.497 e. The number of fused-ring (bicyclic) bond motifs is 1. The lowest BCUT2D eigenvalue weighted by Crippen LogP contribution is -2.16. The van der Waals surface area contributed by atoms with Gasteiger partial charge in [-0.3, -0.25) is 0 Å². The first kappa shape index (κ1) is 15.1. The first-order valence-electron chi connectivity index (χ1n) is 7.21. The summed E-state index contributed by atoms with van der Waals surface area (Å²) in [5.41, 5.74) is 3.44. The summed E-state index contributed by atoms with van der Waals surface area (Å²) in [7, 11) is 1.69. The van der Waals surface area contributed by atoms with Gasteiger partial charge in [0, 0.05) is 28.8 Å². The van der Waals surface area contributed by atoms with Crippen molar-refractivity contribution < 1.29 is 4.74 Å². The second kappa shape index (κ2) is 6.94. The van der Waals surface area contributed by atoms with Crippen LogP contribution in [-0.4, -0.2) is 23.6 Å². The molecule has 2 N–H and O–H groups in total. The summed E-state index contributed by atoms with van der Waals surface area (Å²) < 4.78 is 6.24. The Balaban J connectivity index is 1.57. The zero-order valence-electron chi connectivity index (χ0n) is 12.4. The van der Waals surface area contributed by atoms with Gasteiger partial charge in [0.2, 0.25) is 0 Å². The molecular weight excluding hydrogens is 342 g/mol. The van der Waals surface area contributed by atoms with Gasteiger partial charge in [0.1, 0.15) is 11.4 Å². The van der Waals surface area contributed by atoms with Crippen LogP contribution in [0.5, 0.6) is 5.75 Å². The predicted octanol–water partition coefficient (Wildman–Crippen LogP) is 3.67. The van der Waals surface area contributed by atoms with Crippen LogP contribution in [0.15, 0.2) is 47.2 Å². The molecule has 0 aliphatic rings. The van der Waals surface area contributed by atoms with Crippen LogP contribution in [0.3, 0.4) is 0 Å². The smallest absolute Gasteiger partial charge is 0.137 e. The van der Waals surface area contributed by atoms with Gasteiger partial charge in [-0.15, -0.1) is 0 Å². The molecule has 0 spiro atoms. The van der Waals surface area contributed by atoms with Crippen molar-refractivity contribution in [3.63, 3.8) is 0 Å². The van der Waals surface area contributed by atoms with Crippen LogP contribution >= 0.6 is 15.9 Å². The Hall–Kier alpha value is -1.85. The van der Waals surface area contributed by atoms with Gasteiger partial charge in [-0.05, 0) is 58.2 Å². The molecule has 114 valence electrons. The molecule has 0 saturated carbocycles. The third-order valence-corrected chi connectivity index (χ3v) is 4.05. The summed E-state index contributed by atoms with van der Waals surface area (Å²) >= 11 is 3.47. The Morgan fingerprint density at radius 2 is 2.23 bits per heavy atom. The minimum Gasteiger partial charge on any atom is -0.497 e. The van der Waals surface area contributed by atoms with Gasteiger partial charge < -0.3 is 15.0 Å². The van der Waals surface area contributed by atoms with Crippen molar-refractivity contribution in [2.45, 2.75) is 13.0 Å². The highest BCUT2D eigenvalue weighted by atomic mass is 79.9. The molecule has 0 aliphatic heterocycles. The highest BCUT2D eigenvalue weighted by Gasteiger charge is 2.05. The Labute approximate surface area is 138 Å². The second-order valence-electron chi connectivity index (χ2n) is 5.14. The predicted molar refractivity (Wildman–Crippen MR) is 92.2 cm³/mol. The van der Waals surface area contributed by atoms with Crippen LogP contribution in [0.4, 0.5) is 0 Å². The van der Waals surface area contributed by atoms with Crippen LogP contribution in [0.2, 0.25) is 0 Å². The molecule has 0 fully saturated rings. The number of ether oxygens (including phenoxy) is 1. The van der Waals surface area contributed by atoms with Crippen molar-refractivity contribution in [2.24, 2.45) is 0 Å². The van der Waals surface area contributed by atoms with E-state index in [1.54, 1.807) is 7.11 Å². The van der Waals surface area contributed by atoms with E-state index < -0.39 is 0 Å². The molecule has 0 radical (unpaired) electrons. The summed E-state index contributed by atoms with van der Waals surface area (Å²) in [6, 6.07) is 10.2. The van der Waals surface area contributed by atoms with Gasteiger partial charge in [0.25, 0.3) is 0 Å². The van der Waals surface area contributed by atoms with E-state index in [1.807, 2.05) is 24.5 Å². The van der Waals surface area contributed by atoms with Gasteiger partial charge in [-0.25, -0.2) is 4.98 Å². The van der Waals surface area contributed by atoms with Crippen LogP contribution in [-0.2, 0) is 13.0 Å². The zero-order chi connectivity index (χ0) is 15.4. The van der Waals surface area contributed by atoms with Crippen LogP contribution in [0, 0.1) is 0 Å². The molecule has 4 nitrogen and oxygen atoms in total. The molecule has 0 atom stereocenters. The van der Waals surface area contributed by atoms with Crippen molar-refractivity contribution >= 4 is 27.0 Å². The summed E-state index contributed by atoms with van der Waals surface area (Å²) in [5, 5.41) is 4.65. The molecule has 0 amide bonds. The second-order valence-corrected chi connectivity index (χ2v) is 6.06. The minimum absolute atomic E-state index is 0.835. The number of hydrogen-bond donors (Lipinski definition) is 2. The topological polar surface area (TPSA) is 49.9 Å². The SMILES string of the molecule is COc1cccc(CNCCc2c[nH]c3ncc(Br)cc23)c1. The van der Waals surface area contributed by atoms with Crippen LogP contribution in [0.1, 0.15) is 11.1 Å². The number of rotatable bonds is 6.